The predicted octanol–water partition coefficient (Wildman–Crippen LogP) is 1.39. The van der Waals surface area contributed by atoms with Crippen LogP contribution in [0.1, 0.15) is 19.3 Å². The summed E-state index contributed by atoms with van der Waals surface area (Å²) in [4.78, 5) is 3.54. The first-order valence-electron chi connectivity index (χ1n) is 6.85. The van der Waals surface area contributed by atoms with E-state index in [2.05, 4.69) is 4.98 Å². The van der Waals surface area contributed by atoms with Gasteiger partial charge in [0.25, 0.3) is 0 Å². The first-order chi connectivity index (χ1) is 9.48. The Balaban J connectivity index is 0.00000161. The number of sulfonamides is 1. The smallest absolute Gasteiger partial charge is 0.244 e. The second-order valence-electron chi connectivity index (χ2n) is 5.68. The summed E-state index contributed by atoms with van der Waals surface area (Å²) in [6.07, 6.45) is 5.22. The maximum atomic E-state index is 13.2. The van der Waals surface area contributed by atoms with Crippen LogP contribution in [0.5, 0.6) is 0 Å². The topological polar surface area (TPSA) is 76.3 Å². The molecule has 3 unspecified atom stereocenters. The first-order valence-corrected chi connectivity index (χ1v) is 8.29. The summed E-state index contributed by atoms with van der Waals surface area (Å²) in [5, 5.41) is 0. The Kier molecular flexibility index (Phi) is 4.87. The molecule has 2 fully saturated rings. The third kappa shape index (κ3) is 3.06. The number of halogens is 2. The monoisotopic (exact) mass is 335 g/mol. The summed E-state index contributed by atoms with van der Waals surface area (Å²) < 4.78 is 39.6. The van der Waals surface area contributed by atoms with Gasteiger partial charge in [0, 0.05) is 25.3 Å². The summed E-state index contributed by atoms with van der Waals surface area (Å²) in [5.41, 5.74) is 6.09. The Hall–Kier alpha value is -0.760. The summed E-state index contributed by atoms with van der Waals surface area (Å²) >= 11 is 0. The molecule has 3 rings (SSSR count). The van der Waals surface area contributed by atoms with Crippen LogP contribution in [-0.2, 0) is 10.0 Å². The van der Waals surface area contributed by atoms with Gasteiger partial charge in [-0.3, -0.25) is 4.98 Å². The van der Waals surface area contributed by atoms with Crippen LogP contribution in [0.15, 0.2) is 23.4 Å². The van der Waals surface area contributed by atoms with Gasteiger partial charge in [-0.1, -0.05) is 6.42 Å². The Morgan fingerprint density at radius 1 is 1.29 bits per heavy atom. The third-order valence-electron chi connectivity index (χ3n) is 4.44. The van der Waals surface area contributed by atoms with Crippen molar-refractivity contribution in [3.63, 3.8) is 0 Å². The molecule has 1 aromatic heterocycles. The fourth-order valence-corrected chi connectivity index (χ4v) is 4.86. The first kappa shape index (κ1) is 16.6. The zero-order valence-electron chi connectivity index (χ0n) is 11.5. The van der Waals surface area contributed by atoms with E-state index in [9.17, 15) is 12.8 Å². The number of nitrogens with two attached hydrogens (primary N) is 1. The zero-order chi connectivity index (χ0) is 14.3. The second-order valence-corrected chi connectivity index (χ2v) is 7.62. The minimum absolute atomic E-state index is 0. The average Bonchev–Trinajstić information content (AvgIpc) is 2.85. The van der Waals surface area contributed by atoms with Gasteiger partial charge in [0.2, 0.25) is 10.0 Å². The van der Waals surface area contributed by atoms with Gasteiger partial charge < -0.3 is 5.73 Å². The lowest BCUT2D eigenvalue weighted by Gasteiger charge is -2.29. The molecule has 2 aliphatic rings. The lowest BCUT2D eigenvalue weighted by atomic mass is 9.78. The van der Waals surface area contributed by atoms with Crippen LogP contribution < -0.4 is 5.73 Å². The van der Waals surface area contributed by atoms with Gasteiger partial charge in [-0.25, -0.2) is 12.8 Å². The maximum absolute atomic E-state index is 13.2. The van der Waals surface area contributed by atoms with E-state index in [4.69, 9.17) is 5.73 Å². The number of rotatable bonds is 2. The van der Waals surface area contributed by atoms with E-state index >= 15 is 0 Å². The van der Waals surface area contributed by atoms with E-state index in [1.54, 1.807) is 0 Å². The highest BCUT2D eigenvalue weighted by molar-refractivity contribution is 7.89. The number of nitrogens with zero attached hydrogens (tertiary/aromatic N) is 2. The molecule has 3 atom stereocenters. The molecule has 0 spiro atoms. The van der Waals surface area contributed by atoms with Crippen molar-refractivity contribution >= 4 is 22.4 Å². The van der Waals surface area contributed by atoms with E-state index in [0.29, 0.717) is 19.0 Å². The summed E-state index contributed by atoms with van der Waals surface area (Å²) in [6, 6.07) is 1.09. The van der Waals surface area contributed by atoms with Crippen molar-refractivity contribution in [3.05, 3.63) is 24.3 Å². The van der Waals surface area contributed by atoms with Crippen LogP contribution in [0.3, 0.4) is 0 Å². The number of aromatic nitrogens is 1. The fraction of sp³-hybridized carbons (Fsp3) is 0.615. The molecule has 1 aromatic rings. The van der Waals surface area contributed by atoms with E-state index in [1.165, 1.54) is 10.5 Å². The largest absolute Gasteiger partial charge is 0.327 e. The summed E-state index contributed by atoms with van der Waals surface area (Å²) in [5.74, 6) is -0.0884. The molecule has 0 radical (unpaired) electrons. The number of pyridine rings is 1. The van der Waals surface area contributed by atoms with E-state index < -0.39 is 15.8 Å². The van der Waals surface area contributed by atoms with Gasteiger partial charge in [-0.2, -0.15) is 4.31 Å². The van der Waals surface area contributed by atoms with Crippen LogP contribution in [0.2, 0.25) is 0 Å². The Bertz CT molecular complexity index is 613. The minimum atomic E-state index is -3.67. The highest BCUT2D eigenvalue weighted by atomic mass is 35.5. The van der Waals surface area contributed by atoms with Crippen LogP contribution in [0, 0.1) is 17.7 Å². The molecule has 1 saturated heterocycles. The number of fused-ring (bicyclic) bond motifs is 1. The molecule has 1 saturated carbocycles. The standard InChI is InChI=1S/C13H18FN3O2S.ClH/c14-10-4-11(6-16-5-10)20(18,19)17-7-9-2-1-3-13(15)12(9)8-17;/h4-6,9,12-13H,1-3,7-8,15H2;1H. The molecule has 21 heavy (non-hydrogen) atoms. The van der Waals surface area contributed by atoms with Crippen molar-refractivity contribution in [2.24, 2.45) is 17.6 Å². The molecule has 1 aliphatic carbocycles. The molecule has 118 valence electrons. The normalized spacial score (nSPS) is 29.7. The van der Waals surface area contributed by atoms with Gasteiger partial charge in [0.1, 0.15) is 10.7 Å². The quantitative estimate of drug-likeness (QED) is 0.886. The van der Waals surface area contributed by atoms with Crippen molar-refractivity contribution in [2.75, 3.05) is 13.1 Å². The van der Waals surface area contributed by atoms with Crippen LogP contribution >= 0.6 is 12.4 Å². The highest BCUT2D eigenvalue weighted by Gasteiger charge is 2.43. The average molecular weight is 336 g/mol. The minimum Gasteiger partial charge on any atom is -0.327 e. The van der Waals surface area contributed by atoms with Gasteiger partial charge in [-0.05, 0) is 30.7 Å². The molecule has 2 N–H and O–H groups in total. The molecular weight excluding hydrogens is 317 g/mol. The molecule has 0 aromatic carbocycles. The van der Waals surface area contributed by atoms with Crippen molar-refractivity contribution in [3.8, 4) is 0 Å². The molecule has 8 heteroatoms. The molecule has 0 amide bonds. The van der Waals surface area contributed by atoms with Gasteiger partial charge in [0.15, 0.2) is 0 Å². The highest BCUT2D eigenvalue weighted by Crippen LogP contribution is 2.37. The van der Waals surface area contributed by atoms with Crippen molar-refractivity contribution in [1.82, 2.24) is 9.29 Å². The van der Waals surface area contributed by atoms with E-state index in [-0.39, 0.29) is 29.3 Å². The van der Waals surface area contributed by atoms with Gasteiger partial charge >= 0.3 is 0 Å². The van der Waals surface area contributed by atoms with Crippen molar-refractivity contribution in [2.45, 2.75) is 30.2 Å². The maximum Gasteiger partial charge on any atom is 0.244 e. The van der Waals surface area contributed by atoms with E-state index in [0.717, 1.165) is 31.5 Å². The summed E-state index contributed by atoms with van der Waals surface area (Å²) in [7, 11) is -3.67. The molecule has 0 bridgehead atoms. The molecule has 1 aliphatic heterocycles. The number of hydrogen-bond donors (Lipinski definition) is 1. The Labute approximate surface area is 130 Å². The van der Waals surface area contributed by atoms with Crippen molar-refractivity contribution in [1.29, 1.82) is 0 Å². The summed E-state index contributed by atoms with van der Waals surface area (Å²) in [6.45, 7) is 0.919. The van der Waals surface area contributed by atoms with Crippen molar-refractivity contribution < 1.29 is 12.8 Å². The predicted molar refractivity (Wildman–Crippen MR) is 79.0 cm³/mol. The van der Waals surface area contributed by atoms with E-state index in [1.807, 2.05) is 0 Å². The van der Waals surface area contributed by atoms with Crippen LogP contribution in [-0.4, -0.2) is 36.8 Å². The number of hydrogen-bond acceptors (Lipinski definition) is 4. The zero-order valence-corrected chi connectivity index (χ0v) is 13.1. The third-order valence-corrected chi connectivity index (χ3v) is 6.23. The fourth-order valence-electron chi connectivity index (χ4n) is 3.35. The second kappa shape index (κ2) is 6.16. The molecule has 2 heterocycles. The van der Waals surface area contributed by atoms with Crippen LogP contribution in [0.4, 0.5) is 4.39 Å². The van der Waals surface area contributed by atoms with Gasteiger partial charge in [0.05, 0.1) is 6.20 Å². The molecule has 5 nitrogen and oxygen atoms in total. The molecular formula is C13H19ClFN3O2S. The van der Waals surface area contributed by atoms with Gasteiger partial charge in [-0.15, -0.1) is 12.4 Å². The lowest BCUT2D eigenvalue weighted by molar-refractivity contribution is 0.260. The Morgan fingerprint density at radius 3 is 2.71 bits per heavy atom. The lowest BCUT2D eigenvalue weighted by Crippen LogP contribution is -2.38. The SMILES string of the molecule is Cl.NC1CCCC2CN(S(=O)(=O)c3cncc(F)c3)CC12. The Morgan fingerprint density at radius 2 is 2.05 bits per heavy atom. The van der Waals surface area contributed by atoms with Crippen LogP contribution in [0.25, 0.3) is 0 Å².